The average Bonchev–Trinajstić information content (AvgIpc) is 3.23. The molecule has 1 aromatic carbocycles. The van der Waals surface area contributed by atoms with E-state index in [2.05, 4.69) is 0 Å². The average molecular weight is 263 g/mol. The van der Waals surface area contributed by atoms with Crippen LogP contribution in [0.4, 0.5) is 0 Å². The van der Waals surface area contributed by atoms with Crippen molar-refractivity contribution in [1.82, 2.24) is 4.90 Å². The molecule has 0 aliphatic heterocycles. The van der Waals surface area contributed by atoms with Crippen LogP contribution >= 0.6 is 0 Å². The van der Waals surface area contributed by atoms with Crippen molar-refractivity contribution in [3.05, 3.63) is 35.9 Å². The minimum absolute atomic E-state index is 0.0584. The van der Waals surface area contributed by atoms with Gasteiger partial charge >= 0.3 is 5.97 Å². The summed E-state index contributed by atoms with van der Waals surface area (Å²) >= 11 is 0. The highest BCUT2D eigenvalue weighted by molar-refractivity contribution is 5.87. The minimum Gasteiger partial charge on any atom is -0.480 e. The number of hydrogen-bond donors (Lipinski definition) is 2. The lowest BCUT2D eigenvalue weighted by atomic mass is 10.1. The summed E-state index contributed by atoms with van der Waals surface area (Å²) in [4.78, 5) is 24.6. The number of nitrogens with zero attached hydrogens (tertiary/aromatic N) is 1. The summed E-state index contributed by atoms with van der Waals surface area (Å²) in [6.45, 7) is 1.47. The van der Waals surface area contributed by atoms with Crippen LogP contribution < -0.4 is 0 Å². The van der Waals surface area contributed by atoms with Gasteiger partial charge in [0.1, 0.15) is 6.04 Å². The van der Waals surface area contributed by atoms with Crippen molar-refractivity contribution in [2.24, 2.45) is 0 Å². The van der Waals surface area contributed by atoms with E-state index in [-0.39, 0.29) is 6.04 Å². The van der Waals surface area contributed by atoms with E-state index in [0.29, 0.717) is 5.56 Å². The Hall–Kier alpha value is -1.88. The second-order valence-corrected chi connectivity index (χ2v) is 4.80. The molecule has 0 spiro atoms. The van der Waals surface area contributed by atoms with E-state index in [1.807, 2.05) is 0 Å². The molecule has 0 heterocycles. The molecule has 0 bridgehead atoms. The molecule has 0 radical (unpaired) electrons. The molecule has 1 saturated carbocycles. The first-order valence-corrected chi connectivity index (χ1v) is 6.30. The molecule has 1 fully saturated rings. The normalized spacial score (nSPS) is 17.6. The highest BCUT2D eigenvalue weighted by atomic mass is 16.4. The van der Waals surface area contributed by atoms with Gasteiger partial charge in [0.05, 0.1) is 0 Å². The molecular formula is C14H17NO4. The van der Waals surface area contributed by atoms with Crippen LogP contribution in [0.3, 0.4) is 0 Å². The van der Waals surface area contributed by atoms with Crippen molar-refractivity contribution in [3.63, 3.8) is 0 Å². The van der Waals surface area contributed by atoms with Crippen LogP contribution in [0.2, 0.25) is 0 Å². The Balaban J connectivity index is 2.18. The summed E-state index contributed by atoms with van der Waals surface area (Å²) in [6, 6.07) is 7.58. The molecule has 2 N–H and O–H groups in total. The zero-order chi connectivity index (χ0) is 14.0. The number of hydrogen-bond acceptors (Lipinski definition) is 3. The third-order valence-corrected chi connectivity index (χ3v) is 3.32. The van der Waals surface area contributed by atoms with Crippen LogP contribution in [0.1, 0.15) is 31.4 Å². The lowest BCUT2D eigenvalue weighted by Gasteiger charge is -2.28. The summed E-state index contributed by atoms with van der Waals surface area (Å²) in [7, 11) is 0. The second kappa shape index (κ2) is 5.40. The zero-order valence-corrected chi connectivity index (χ0v) is 10.7. The summed E-state index contributed by atoms with van der Waals surface area (Å²) in [5.74, 6) is -1.59. The van der Waals surface area contributed by atoms with Gasteiger partial charge < -0.3 is 15.1 Å². The van der Waals surface area contributed by atoms with E-state index in [9.17, 15) is 14.7 Å². The van der Waals surface area contributed by atoms with Crippen molar-refractivity contribution < 1.29 is 19.8 Å². The largest absolute Gasteiger partial charge is 0.480 e. The highest BCUT2D eigenvalue weighted by Gasteiger charge is 2.40. The first-order valence-electron chi connectivity index (χ1n) is 6.30. The lowest BCUT2D eigenvalue weighted by molar-refractivity contribution is -0.154. The second-order valence-electron chi connectivity index (χ2n) is 4.80. The van der Waals surface area contributed by atoms with E-state index >= 15 is 0 Å². The maximum Gasteiger partial charge on any atom is 0.326 e. The van der Waals surface area contributed by atoms with Crippen LogP contribution in [0.5, 0.6) is 0 Å². The number of amides is 1. The predicted octanol–water partition coefficient (Wildman–Crippen LogP) is 1.18. The zero-order valence-electron chi connectivity index (χ0n) is 10.7. The van der Waals surface area contributed by atoms with Gasteiger partial charge in [0, 0.05) is 6.04 Å². The van der Waals surface area contributed by atoms with Crippen LogP contribution in [0.25, 0.3) is 0 Å². The van der Waals surface area contributed by atoms with Gasteiger partial charge in [0.2, 0.25) is 0 Å². The van der Waals surface area contributed by atoms with Crippen molar-refractivity contribution in [3.8, 4) is 0 Å². The van der Waals surface area contributed by atoms with Crippen molar-refractivity contribution >= 4 is 11.9 Å². The summed E-state index contributed by atoms with van der Waals surface area (Å²) < 4.78 is 0. The maximum absolute atomic E-state index is 12.3. The van der Waals surface area contributed by atoms with E-state index in [0.717, 1.165) is 12.8 Å². The van der Waals surface area contributed by atoms with Gasteiger partial charge in [-0.1, -0.05) is 30.3 Å². The molecule has 1 amide bonds. The van der Waals surface area contributed by atoms with Crippen molar-refractivity contribution in [2.75, 3.05) is 0 Å². The van der Waals surface area contributed by atoms with Crippen LogP contribution in [0, 0.1) is 0 Å². The Morgan fingerprint density at radius 1 is 1.26 bits per heavy atom. The Labute approximate surface area is 111 Å². The third-order valence-electron chi connectivity index (χ3n) is 3.32. The molecule has 102 valence electrons. The van der Waals surface area contributed by atoms with Gasteiger partial charge in [-0.25, -0.2) is 4.79 Å². The van der Waals surface area contributed by atoms with Gasteiger partial charge in [0.25, 0.3) is 5.91 Å². The third kappa shape index (κ3) is 2.93. The number of rotatable bonds is 5. The topological polar surface area (TPSA) is 77.8 Å². The Morgan fingerprint density at radius 3 is 2.32 bits per heavy atom. The smallest absolute Gasteiger partial charge is 0.326 e. The molecule has 1 aliphatic carbocycles. The standard InChI is InChI=1S/C14H17NO4/c1-9(14(18)19)15(11-7-8-11)13(17)12(16)10-5-3-2-4-6-10/h2-6,9,11-12,16H,7-8H2,1H3,(H,18,19)/t9?,12-/m0/s1. The molecule has 0 saturated heterocycles. The number of benzene rings is 1. The van der Waals surface area contributed by atoms with Crippen LogP contribution in [0.15, 0.2) is 30.3 Å². The SMILES string of the molecule is CC(C(=O)O)N(C(=O)[C@@H](O)c1ccccc1)C1CC1. The quantitative estimate of drug-likeness (QED) is 0.836. The summed E-state index contributed by atoms with van der Waals surface area (Å²) in [5.41, 5.74) is 0.482. The first-order chi connectivity index (χ1) is 9.02. The van der Waals surface area contributed by atoms with Crippen LogP contribution in [-0.2, 0) is 9.59 Å². The van der Waals surface area contributed by atoms with Crippen molar-refractivity contribution in [2.45, 2.75) is 38.0 Å². The van der Waals surface area contributed by atoms with Crippen LogP contribution in [-0.4, -0.2) is 39.1 Å². The Kier molecular flexibility index (Phi) is 3.85. The number of carbonyl (C=O) groups is 2. The van der Waals surface area contributed by atoms with Gasteiger partial charge in [0.15, 0.2) is 6.10 Å². The Bertz CT molecular complexity index is 470. The molecule has 2 atom stereocenters. The monoisotopic (exact) mass is 263 g/mol. The molecule has 1 unspecified atom stereocenters. The van der Waals surface area contributed by atoms with E-state index in [1.54, 1.807) is 30.3 Å². The summed E-state index contributed by atoms with van der Waals surface area (Å²) in [5, 5.41) is 19.1. The van der Waals surface area contributed by atoms with E-state index < -0.39 is 24.0 Å². The number of aliphatic hydroxyl groups excluding tert-OH is 1. The molecular weight excluding hydrogens is 246 g/mol. The molecule has 19 heavy (non-hydrogen) atoms. The van der Waals surface area contributed by atoms with Crippen molar-refractivity contribution in [1.29, 1.82) is 0 Å². The van der Waals surface area contributed by atoms with Gasteiger partial charge in [-0.2, -0.15) is 0 Å². The fourth-order valence-corrected chi connectivity index (χ4v) is 2.08. The van der Waals surface area contributed by atoms with Gasteiger partial charge in [-0.15, -0.1) is 0 Å². The number of carboxylic acid groups (broad SMARTS) is 1. The number of aliphatic carboxylic acids is 1. The highest BCUT2D eigenvalue weighted by Crippen LogP contribution is 2.31. The maximum atomic E-state index is 12.3. The fraction of sp³-hybridized carbons (Fsp3) is 0.429. The van der Waals surface area contributed by atoms with Gasteiger partial charge in [-0.3, -0.25) is 4.79 Å². The predicted molar refractivity (Wildman–Crippen MR) is 68.4 cm³/mol. The molecule has 5 nitrogen and oxygen atoms in total. The molecule has 0 aromatic heterocycles. The minimum atomic E-state index is -1.30. The fourth-order valence-electron chi connectivity index (χ4n) is 2.08. The number of carboxylic acids is 1. The molecule has 1 aromatic rings. The Morgan fingerprint density at radius 2 is 1.84 bits per heavy atom. The molecule has 1 aliphatic rings. The van der Waals surface area contributed by atoms with E-state index in [1.165, 1.54) is 11.8 Å². The van der Waals surface area contributed by atoms with E-state index in [4.69, 9.17) is 5.11 Å². The van der Waals surface area contributed by atoms with Gasteiger partial charge in [-0.05, 0) is 25.3 Å². The number of aliphatic hydroxyl groups is 1. The lowest BCUT2D eigenvalue weighted by Crippen LogP contribution is -2.46. The summed E-state index contributed by atoms with van der Waals surface area (Å²) in [6.07, 6.45) is 0.291. The number of carbonyl (C=O) groups excluding carboxylic acids is 1. The molecule has 2 rings (SSSR count). The first kappa shape index (κ1) is 13.5. The molecule has 5 heteroatoms.